The Kier molecular flexibility index (Phi) is 8.23. The molecule has 0 radical (unpaired) electrons. The Morgan fingerprint density at radius 2 is 1.77 bits per heavy atom. The highest BCUT2D eigenvalue weighted by Crippen LogP contribution is 2.47. The van der Waals surface area contributed by atoms with Gasteiger partial charge in [0.05, 0.1) is 11.2 Å². The molecule has 1 aliphatic carbocycles. The second kappa shape index (κ2) is 10.7. The van der Waals surface area contributed by atoms with Crippen molar-refractivity contribution in [3.63, 3.8) is 0 Å². The van der Waals surface area contributed by atoms with E-state index in [1.54, 1.807) is 17.4 Å². The third-order valence-corrected chi connectivity index (χ3v) is 4.93. The Labute approximate surface area is 161 Å². The summed E-state index contributed by atoms with van der Waals surface area (Å²) in [6, 6.07) is 14.7. The fraction of sp³-hybridized carbons (Fsp3) is 0.304. The standard InChI is InChI=1S/C18H16N2S.C3H6.C2H6/c1-2-4-13(5-3-1)16-9-8-15(10-20-16)18(14-6-7-14)17-11-19-12-21-17;1-3-2;1-2/h1-5,8-12,14,18H,6-7H2;3H,1H2,2H3;1-2H3. The van der Waals surface area contributed by atoms with Crippen LogP contribution in [0.4, 0.5) is 0 Å². The van der Waals surface area contributed by atoms with Crippen LogP contribution in [0.15, 0.2) is 73.0 Å². The molecule has 2 aromatic heterocycles. The van der Waals surface area contributed by atoms with Crippen molar-refractivity contribution in [2.45, 2.75) is 39.5 Å². The maximum atomic E-state index is 4.67. The highest BCUT2D eigenvalue weighted by Gasteiger charge is 2.34. The lowest BCUT2D eigenvalue weighted by molar-refractivity contribution is 0.711. The van der Waals surface area contributed by atoms with Crippen molar-refractivity contribution in [1.82, 2.24) is 9.97 Å². The highest BCUT2D eigenvalue weighted by atomic mass is 32.1. The predicted molar refractivity (Wildman–Crippen MR) is 114 cm³/mol. The molecule has 4 rings (SSSR count). The summed E-state index contributed by atoms with van der Waals surface area (Å²) in [6.45, 7) is 9.25. The third-order valence-electron chi connectivity index (χ3n) is 4.07. The monoisotopic (exact) mass is 364 g/mol. The number of allylic oxidation sites excluding steroid dienone is 1. The molecular formula is C23H28N2S. The van der Waals surface area contributed by atoms with Gasteiger partial charge in [0.2, 0.25) is 0 Å². The molecule has 136 valence electrons. The molecule has 1 unspecified atom stereocenters. The van der Waals surface area contributed by atoms with Gasteiger partial charge in [0.1, 0.15) is 0 Å². The fourth-order valence-corrected chi connectivity index (χ4v) is 3.69. The molecule has 0 aliphatic heterocycles. The first-order valence-corrected chi connectivity index (χ1v) is 10.2. The topological polar surface area (TPSA) is 25.8 Å². The van der Waals surface area contributed by atoms with Gasteiger partial charge in [-0.05, 0) is 37.3 Å². The molecule has 26 heavy (non-hydrogen) atoms. The van der Waals surface area contributed by atoms with Gasteiger partial charge in [-0.25, -0.2) is 0 Å². The van der Waals surface area contributed by atoms with Crippen molar-refractivity contribution in [2.24, 2.45) is 5.92 Å². The molecule has 1 aliphatic rings. The van der Waals surface area contributed by atoms with Crippen LogP contribution in [0.2, 0.25) is 0 Å². The van der Waals surface area contributed by atoms with Gasteiger partial charge in [-0.15, -0.1) is 17.9 Å². The van der Waals surface area contributed by atoms with Gasteiger partial charge in [0.15, 0.2) is 0 Å². The molecule has 0 spiro atoms. The van der Waals surface area contributed by atoms with E-state index >= 15 is 0 Å². The van der Waals surface area contributed by atoms with Crippen LogP contribution in [0.3, 0.4) is 0 Å². The predicted octanol–water partition coefficient (Wildman–Crippen LogP) is 6.97. The molecule has 1 saturated carbocycles. The Bertz CT molecular complexity index is 745. The van der Waals surface area contributed by atoms with Crippen molar-refractivity contribution in [2.75, 3.05) is 0 Å². The van der Waals surface area contributed by atoms with E-state index in [4.69, 9.17) is 0 Å². The van der Waals surface area contributed by atoms with E-state index in [-0.39, 0.29) is 0 Å². The van der Waals surface area contributed by atoms with Crippen LogP contribution in [0.1, 0.15) is 50.0 Å². The van der Waals surface area contributed by atoms with Crippen LogP contribution in [0, 0.1) is 5.92 Å². The molecule has 3 aromatic rings. The zero-order chi connectivity index (χ0) is 18.8. The molecule has 1 atom stereocenters. The number of thiazole rings is 1. The number of pyridine rings is 1. The number of nitrogens with zero attached hydrogens (tertiary/aromatic N) is 2. The molecule has 0 bridgehead atoms. The summed E-state index contributed by atoms with van der Waals surface area (Å²) in [7, 11) is 0. The number of aromatic nitrogens is 2. The third kappa shape index (κ3) is 5.37. The SMILES string of the molecule is C=CC.CC.c1ccc(-c2ccc(C(c3cncs3)C3CC3)cn2)cc1. The normalized spacial score (nSPS) is 13.5. The number of rotatable bonds is 4. The van der Waals surface area contributed by atoms with Gasteiger partial charge in [-0.3, -0.25) is 9.97 Å². The van der Waals surface area contributed by atoms with E-state index in [9.17, 15) is 0 Å². The van der Waals surface area contributed by atoms with Gasteiger partial charge >= 0.3 is 0 Å². The summed E-state index contributed by atoms with van der Waals surface area (Å²) in [4.78, 5) is 10.3. The Morgan fingerprint density at radius 1 is 1.08 bits per heavy atom. The first-order chi connectivity index (χ1) is 12.8. The fourth-order valence-electron chi connectivity index (χ4n) is 2.85. The molecule has 2 heterocycles. The van der Waals surface area contributed by atoms with E-state index in [1.807, 2.05) is 44.7 Å². The first-order valence-electron chi connectivity index (χ1n) is 9.30. The Morgan fingerprint density at radius 3 is 2.27 bits per heavy atom. The van der Waals surface area contributed by atoms with Crippen LogP contribution in [0.5, 0.6) is 0 Å². The number of hydrogen-bond acceptors (Lipinski definition) is 3. The summed E-state index contributed by atoms with van der Waals surface area (Å²) < 4.78 is 0. The maximum absolute atomic E-state index is 4.67. The van der Waals surface area contributed by atoms with Crippen molar-refractivity contribution in [3.05, 3.63) is 83.5 Å². The quantitative estimate of drug-likeness (QED) is 0.467. The van der Waals surface area contributed by atoms with E-state index in [1.165, 1.54) is 28.8 Å². The zero-order valence-corrected chi connectivity index (χ0v) is 16.7. The molecule has 1 fully saturated rings. The maximum Gasteiger partial charge on any atom is 0.0794 e. The molecule has 2 nitrogen and oxygen atoms in total. The Balaban J connectivity index is 0.000000444. The molecule has 3 heteroatoms. The lowest BCUT2D eigenvalue weighted by atomic mass is 9.94. The number of hydrogen-bond donors (Lipinski definition) is 0. The van der Waals surface area contributed by atoms with Crippen LogP contribution in [0.25, 0.3) is 11.3 Å². The van der Waals surface area contributed by atoms with Gasteiger partial charge < -0.3 is 0 Å². The average molecular weight is 365 g/mol. The second-order valence-corrected chi connectivity index (χ2v) is 6.89. The molecule has 0 saturated heterocycles. The zero-order valence-electron chi connectivity index (χ0n) is 15.9. The van der Waals surface area contributed by atoms with Crippen LogP contribution in [-0.2, 0) is 0 Å². The summed E-state index contributed by atoms with van der Waals surface area (Å²) >= 11 is 1.76. The molecule has 0 N–H and O–H groups in total. The largest absolute Gasteiger partial charge is 0.256 e. The summed E-state index contributed by atoms with van der Waals surface area (Å²) in [5.41, 5.74) is 5.46. The van der Waals surface area contributed by atoms with Gasteiger partial charge in [0.25, 0.3) is 0 Å². The molecular weight excluding hydrogens is 336 g/mol. The van der Waals surface area contributed by atoms with Crippen molar-refractivity contribution >= 4 is 11.3 Å². The Hall–Kier alpha value is -2.26. The van der Waals surface area contributed by atoms with Gasteiger partial charge in [-0.2, -0.15) is 0 Å². The lowest BCUT2D eigenvalue weighted by Gasteiger charge is -2.14. The van der Waals surface area contributed by atoms with Crippen LogP contribution in [-0.4, -0.2) is 9.97 Å². The van der Waals surface area contributed by atoms with Crippen LogP contribution >= 0.6 is 11.3 Å². The smallest absolute Gasteiger partial charge is 0.0794 e. The summed E-state index contributed by atoms with van der Waals surface area (Å²) in [5.74, 6) is 1.25. The van der Waals surface area contributed by atoms with Crippen LogP contribution < -0.4 is 0 Å². The van der Waals surface area contributed by atoms with Crippen molar-refractivity contribution in [1.29, 1.82) is 0 Å². The highest BCUT2D eigenvalue weighted by molar-refractivity contribution is 7.09. The number of benzene rings is 1. The van der Waals surface area contributed by atoms with E-state index < -0.39 is 0 Å². The first kappa shape index (κ1) is 20.1. The molecule has 0 amide bonds. The second-order valence-electron chi connectivity index (χ2n) is 5.97. The van der Waals surface area contributed by atoms with E-state index in [0.717, 1.165) is 11.6 Å². The van der Waals surface area contributed by atoms with Gasteiger partial charge in [0, 0.05) is 28.8 Å². The lowest BCUT2D eigenvalue weighted by Crippen LogP contribution is -2.02. The van der Waals surface area contributed by atoms with E-state index in [0.29, 0.717) is 5.92 Å². The van der Waals surface area contributed by atoms with Gasteiger partial charge in [-0.1, -0.05) is 56.3 Å². The minimum atomic E-state index is 0.481. The van der Waals surface area contributed by atoms with E-state index in [2.05, 4.69) is 52.9 Å². The molecule has 1 aromatic carbocycles. The van der Waals surface area contributed by atoms with Crippen molar-refractivity contribution < 1.29 is 0 Å². The summed E-state index contributed by atoms with van der Waals surface area (Å²) in [6.07, 6.45) is 8.45. The summed E-state index contributed by atoms with van der Waals surface area (Å²) in [5, 5.41) is 0. The minimum absolute atomic E-state index is 0.481. The average Bonchev–Trinajstić information content (AvgIpc) is 3.39. The van der Waals surface area contributed by atoms with Crippen molar-refractivity contribution in [3.8, 4) is 11.3 Å². The minimum Gasteiger partial charge on any atom is -0.256 e.